The van der Waals surface area contributed by atoms with Gasteiger partial charge in [0.15, 0.2) is 11.1 Å². The monoisotopic (exact) mass is 485 g/mol. The first kappa shape index (κ1) is 21.6. The van der Waals surface area contributed by atoms with Crippen molar-refractivity contribution in [2.75, 3.05) is 13.7 Å². The second-order valence-electron chi connectivity index (χ2n) is 8.65. The number of carbonyl (C=O) groups is 3. The van der Waals surface area contributed by atoms with Crippen LogP contribution in [0.5, 0.6) is 11.5 Å². The summed E-state index contributed by atoms with van der Waals surface area (Å²) in [6.45, 7) is 0.122. The van der Waals surface area contributed by atoms with E-state index in [0.29, 0.717) is 33.5 Å². The van der Waals surface area contributed by atoms with Crippen LogP contribution in [0.4, 0.5) is 4.79 Å². The van der Waals surface area contributed by atoms with Gasteiger partial charge in [0.05, 0.1) is 31.7 Å². The van der Waals surface area contributed by atoms with Gasteiger partial charge in [0.25, 0.3) is 11.8 Å². The summed E-state index contributed by atoms with van der Waals surface area (Å²) in [5.41, 5.74) is 1.15. The predicted molar refractivity (Wildman–Crippen MR) is 125 cm³/mol. The van der Waals surface area contributed by atoms with Gasteiger partial charge >= 0.3 is 6.03 Å². The van der Waals surface area contributed by atoms with E-state index in [1.807, 2.05) is 0 Å². The lowest BCUT2D eigenvalue weighted by atomic mass is 9.95. The Hall–Kier alpha value is -4.93. The van der Waals surface area contributed by atoms with Gasteiger partial charge in [-0.1, -0.05) is 6.07 Å². The number of nitrogens with zero attached hydrogens (tertiary/aromatic N) is 3. The molecule has 3 aromatic heterocycles. The maximum atomic E-state index is 13.2. The highest BCUT2D eigenvalue weighted by atomic mass is 16.5. The zero-order valence-electron chi connectivity index (χ0n) is 18.9. The summed E-state index contributed by atoms with van der Waals surface area (Å²) in [6, 6.07) is 9.43. The Morgan fingerprint density at radius 3 is 2.75 bits per heavy atom. The minimum absolute atomic E-state index is 0.000434. The third kappa shape index (κ3) is 3.32. The highest BCUT2D eigenvalue weighted by Gasteiger charge is 2.53. The number of furan rings is 1. The topological polar surface area (TPSA) is 147 Å². The maximum absolute atomic E-state index is 13.2. The summed E-state index contributed by atoms with van der Waals surface area (Å²) in [7, 11) is 1.52. The summed E-state index contributed by atoms with van der Waals surface area (Å²) in [5.74, 6) is -0.198. The fraction of sp³-hybridized carbons (Fsp3) is 0.160. The molecular weight excluding hydrogens is 466 g/mol. The molecule has 180 valence electrons. The Balaban J connectivity index is 1.38. The minimum Gasteiger partial charge on any atom is -0.506 e. The Morgan fingerprint density at radius 2 is 2.00 bits per heavy atom. The lowest BCUT2D eigenvalue weighted by Gasteiger charge is -2.29. The van der Waals surface area contributed by atoms with Crippen molar-refractivity contribution in [1.29, 1.82) is 0 Å². The Kier molecular flexibility index (Phi) is 4.68. The van der Waals surface area contributed by atoms with E-state index in [2.05, 4.69) is 20.6 Å². The molecule has 1 atom stereocenters. The molecule has 6 rings (SSSR count). The van der Waals surface area contributed by atoms with Gasteiger partial charge in [0.2, 0.25) is 0 Å². The number of amides is 4. The number of urea groups is 1. The van der Waals surface area contributed by atoms with Crippen LogP contribution in [0.15, 0.2) is 59.4 Å². The molecule has 0 aliphatic carbocycles. The quantitative estimate of drug-likeness (QED) is 0.365. The van der Waals surface area contributed by atoms with Crippen molar-refractivity contribution in [2.24, 2.45) is 0 Å². The van der Waals surface area contributed by atoms with Crippen molar-refractivity contribution in [3.05, 3.63) is 71.9 Å². The smallest absolute Gasteiger partial charge is 0.322 e. The summed E-state index contributed by atoms with van der Waals surface area (Å²) < 4.78 is 11.2. The molecule has 1 unspecified atom stereocenters. The molecule has 3 N–H and O–H groups in total. The number of nitrogens with one attached hydrogen (secondary N) is 2. The molecule has 0 bridgehead atoms. The zero-order chi connectivity index (χ0) is 25.0. The highest BCUT2D eigenvalue weighted by molar-refractivity contribution is 6.08. The molecule has 11 nitrogen and oxygen atoms in total. The number of carbonyl (C=O) groups excluding carboxylic acids is 3. The van der Waals surface area contributed by atoms with E-state index in [4.69, 9.17) is 9.15 Å². The number of hydrogen-bond acceptors (Lipinski definition) is 8. The number of aromatic nitrogens is 2. The Labute approximate surface area is 203 Å². The van der Waals surface area contributed by atoms with Crippen LogP contribution in [0.2, 0.25) is 0 Å². The van der Waals surface area contributed by atoms with Crippen molar-refractivity contribution < 1.29 is 28.6 Å². The van der Waals surface area contributed by atoms with Crippen LogP contribution in [0.25, 0.3) is 22.2 Å². The van der Waals surface area contributed by atoms with Gasteiger partial charge in [-0.2, -0.15) is 0 Å². The first-order chi connectivity index (χ1) is 17.4. The van der Waals surface area contributed by atoms with Crippen LogP contribution < -0.4 is 15.4 Å². The van der Waals surface area contributed by atoms with Crippen molar-refractivity contribution in [1.82, 2.24) is 25.5 Å². The first-order valence-electron chi connectivity index (χ1n) is 11.0. The molecule has 36 heavy (non-hydrogen) atoms. The molecule has 4 amide bonds. The number of ether oxygens (including phenoxy) is 1. The third-order valence-corrected chi connectivity index (χ3v) is 6.41. The number of benzene rings is 1. The van der Waals surface area contributed by atoms with E-state index < -0.39 is 17.5 Å². The van der Waals surface area contributed by atoms with Crippen LogP contribution in [-0.2, 0) is 16.9 Å². The van der Waals surface area contributed by atoms with Gasteiger partial charge in [0.1, 0.15) is 17.3 Å². The molecule has 2 aliphatic heterocycles. The van der Waals surface area contributed by atoms with Crippen LogP contribution in [-0.4, -0.2) is 51.5 Å². The molecular formula is C25H19N5O6. The predicted octanol–water partition coefficient (Wildman–Crippen LogP) is 2.29. The van der Waals surface area contributed by atoms with Gasteiger partial charge in [-0.3, -0.25) is 24.9 Å². The number of fused-ring (bicyclic) bond motifs is 2. The number of aromatic hydroxyl groups is 1. The zero-order valence-corrected chi connectivity index (χ0v) is 18.9. The third-order valence-electron chi connectivity index (χ3n) is 6.41. The van der Waals surface area contributed by atoms with Crippen LogP contribution in [0.3, 0.4) is 0 Å². The molecule has 5 heterocycles. The number of hydrogen-bond donors (Lipinski definition) is 3. The lowest BCUT2D eigenvalue weighted by Crippen LogP contribution is -2.52. The van der Waals surface area contributed by atoms with Crippen molar-refractivity contribution >= 4 is 28.8 Å². The second-order valence-corrected chi connectivity index (χ2v) is 8.65. The highest BCUT2D eigenvalue weighted by Crippen LogP contribution is 2.35. The SMILES string of the molecule is COc1ccc2c(c1)C(=O)N(CC1(c3cc4cc(-c5cncc(O)c5)ncc4o3)NC(=O)NC1=O)C2. The van der Waals surface area contributed by atoms with Gasteiger partial charge in [-0.15, -0.1) is 0 Å². The maximum Gasteiger partial charge on any atom is 0.322 e. The van der Waals surface area contributed by atoms with Crippen molar-refractivity contribution in [3.8, 4) is 22.8 Å². The van der Waals surface area contributed by atoms with Crippen LogP contribution >= 0.6 is 0 Å². The molecule has 1 saturated heterocycles. The molecule has 1 aromatic carbocycles. The van der Waals surface area contributed by atoms with Crippen LogP contribution in [0, 0.1) is 0 Å². The first-order valence-corrected chi connectivity index (χ1v) is 11.0. The Morgan fingerprint density at radius 1 is 1.14 bits per heavy atom. The van der Waals surface area contributed by atoms with Crippen molar-refractivity contribution in [2.45, 2.75) is 12.1 Å². The molecule has 11 heteroatoms. The van der Waals surface area contributed by atoms with Crippen molar-refractivity contribution in [3.63, 3.8) is 0 Å². The fourth-order valence-electron chi connectivity index (χ4n) is 4.62. The molecule has 1 fully saturated rings. The van der Waals surface area contributed by atoms with Gasteiger partial charge in [-0.05, 0) is 35.9 Å². The molecule has 0 radical (unpaired) electrons. The van der Waals surface area contributed by atoms with E-state index in [9.17, 15) is 19.5 Å². The van der Waals surface area contributed by atoms with E-state index in [0.717, 1.165) is 5.56 Å². The van der Waals surface area contributed by atoms with E-state index in [1.165, 1.54) is 30.5 Å². The summed E-state index contributed by atoms with van der Waals surface area (Å²) in [4.78, 5) is 48.4. The van der Waals surface area contributed by atoms with Gasteiger partial charge < -0.3 is 24.5 Å². The number of methoxy groups -OCH3 is 1. The summed E-state index contributed by atoms with van der Waals surface area (Å²) >= 11 is 0. The van der Waals surface area contributed by atoms with Gasteiger partial charge in [-0.25, -0.2) is 4.79 Å². The van der Waals surface area contributed by atoms with Gasteiger partial charge in [0, 0.05) is 29.3 Å². The fourth-order valence-corrected chi connectivity index (χ4v) is 4.62. The minimum atomic E-state index is -1.63. The average molecular weight is 485 g/mol. The molecule has 0 saturated carbocycles. The summed E-state index contributed by atoms with van der Waals surface area (Å²) in [6.07, 6.45) is 4.37. The largest absolute Gasteiger partial charge is 0.506 e. The Bertz CT molecular complexity index is 1580. The molecule has 0 spiro atoms. The molecule has 4 aromatic rings. The molecule has 2 aliphatic rings. The average Bonchev–Trinajstić information content (AvgIpc) is 3.52. The lowest BCUT2D eigenvalue weighted by molar-refractivity contribution is -0.125. The normalized spacial score (nSPS) is 18.9. The van der Waals surface area contributed by atoms with E-state index in [1.54, 1.807) is 36.5 Å². The number of imide groups is 1. The summed E-state index contributed by atoms with van der Waals surface area (Å²) in [5, 5.41) is 15.3. The second kappa shape index (κ2) is 7.80. The number of pyridine rings is 2. The standard InChI is InChI=1S/C25H19N5O6/c1-35-17-3-2-13-11-30(22(32)18(13)7-17)12-25(23(33)28-24(34)29-25)21-6-14-5-19(27-10-20(14)36-21)15-4-16(31)9-26-8-15/h2-10,31H,11-12H2,1H3,(H2,28,29,33,34). The van der Waals surface area contributed by atoms with E-state index in [-0.39, 0.29) is 30.5 Å². The number of rotatable bonds is 5. The van der Waals surface area contributed by atoms with Crippen LogP contribution in [0.1, 0.15) is 21.7 Å². The van der Waals surface area contributed by atoms with E-state index >= 15 is 0 Å².